The van der Waals surface area contributed by atoms with Crippen LogP contribution in [-0.2, 0) is 6.54 Å². The molecular weight excluding hydrogens is 215 g/mol. The van der Waals surface area contributed by atoms with Gasteiger partial charge >= 0.3 is 0 Å². The summed E-state index contributed by atoms with van der Waals surface area (Å²) in [6.07, 6.45) is 3.92. The molecule has 1 aliphatic heterocycles. The van der Waals surface area contributed by atoms with Crippen molar-refractivity contribution in [3.05, 3.63) is 35.6 Å². The molecule has 0 amide bonds. The molecule has 0 saturated carbocycles. The Morgan fingerprint density at radius 2 is 2.29 bits per heavy atom. The van der Waals surface area contributed by atoms with Gasteiger partial charge in [0.15, 0.2) is 0 Å². The Bertz CT molecular complexity index is 354. The lowest BCUT2D eigenvalue weighted by molar-refractivity contribution is 0.181. The molecule has 1 fully saturated rings. The van der Waals surface area contributed by atoms with Gasteiger partial charge in [0.1, 0.15) is 5.82 Å². The van der Waals surface area contributed by atoms with E-state index in [1.807, 2.05) is 6.07 Å². The van der Waals surface area contributed by atoms with Gasteiger partial charge in [-0.05, 0) is 44.1 Å². The summed E-state index contributed by atoms with van der Waals surface area (Å²) in [6.45, 7) is 2.95. The van der Waals surface area contributed by atoms with Crippen LogP contribution in [0.5, 0.6) is 0 Å². The van der Waals surface area contributed by atoms with E-state index in [0.29, 0.717) is 6.04 Å². The molecule has 1 aromatic rings. The smallest absolute Gasteiger partial charge is 0.123 e. The van der Waals surface area contributed by atoms with Gasteiger partial charge in [0.2, 0.25) is 0 Å². The van der Waals surface area contributed by atoms with Gasteiger partial charge in [-0.3, -0.25) is 0 Å². The van der Waals surface area contributed by atoms with Gasteiger partial charge in [0.25, 0.3) is 0 Å². The second kappa shape index (κ2) is 6.12. The van der Waals surface area contributed by atoms with E-state index in [2.05, 4.69) is 17.3 Å². The summed E-state index contributed by atoms with van der Waals surface area (Å²) in [5.41, 5.74) is 1.02. The third kappa shape index (κ3) is 3.79. The van der Waals surface area contributed by atoms with Crippen LogP contribution in [0.4, 0.5) is 4.39 Å². The van der Waals surface area contributed by atoms with Crippen molar-refractivity contribution in [1.82, 2.24) is 10.2 Å². The molecule has 1 heterocycles. The van der Waals surface area contributed by atoms with Crippen LogP contribution in [-0.4, -0.2) is 31.1 Å². The Morgan fingerprint density at radius 3 is 3.06 bits per heavy atom. The van der Waals surface area contributed by atoms with Crippen molar-refractivity contribution in [2.75, 3.05) is 20.1 Å². The highest BCUT2D eigenvalue weighted by Crippen LogP contribution is 2.14. The molecule has 0 aliphatic carbocycles. The number of nitrogens with zero attached hydrogens (tertiary/aromatic N) is 1. The molecule has 1 N–H and O–H groups in total. The van der Waals surface area contributed by atoms with Crippen LogP contribution >= 0.6 is 0 Å². The van der Waals surface area contributed by atoms with E-state index in [0.717, 1.165) is 18.7 Å². The molecule has 0 radical (unpaired) electrons. The van der Waals surface area contributed by atoms with Crippen LogP contribution < -0.4 is 5.32 Å². The van der Waals surface area contributed by atoms with Gasteiger partial charge in [0, 0.05) is 19.1 Å². The van der Waals surface area contributed by atoms with Crippen molar-refractivity contribution in [3.63, 3.8) is 0 Å². The van der Waals surface area contributed by atoms with Crippen LogP contribution in [0.2, 0.25) is 0 Å². The summed E-state index contributed by atoms with van der Waals surface area (Å²) in [6, 6.07) is 7.44. The lowest BCUT2D eigenvalue weighted by Crippen LogP contribution is -2.42. The molecule has 3 heteroatoms. The number of halogens is 1. The van der Waals surface area contributed by atoms with E-state index in [9.17, 15) is 4.39 Å². The quantitative estimate of drug-likeness (QED) is 0.863. The molecular formula is C14H21FN2. The number of nitrogens with one attached hydrogen (secondary N) is 1. The van der Waals surface area contributed by atoms with Crippen LogP contribution in [0.3, 0.4) is 0 Å². The maximum atomic E-state index is 13.0. The van der Waals surface area contributed by atoms with Crippen molar-refractivity contribution < 1.29 is 4.39 Å². The number of piperidine rings is 1. The third-order valence-electron chi connectivity index (χ3n) is 3.52. The fourth-order valence-electron chi connectivity index (χ4n) is 2.43. The van der Waals surface area contributed by atoms with Crippen molar-refractivity contribution in [2.45, 2.75) is 31.8 Å². The van der Waals surface area contributed by atoms with E-state index >= 15 is 0 Å². The van der Waals surface area contributed by atoms with E-state index in [1.165, 1.54) is 31.9 Å². The van der Waals surface area contributed by atoms with Crippen molar-refractivity contribution in [3.8, 4) is 0 Å². The Morgan fingerprint density at radius 1 is 1.41 bits per heavy atom. The molecule has 0 spiro atoms. The molecule has 2 rings (SSSR count). The van der Waals surface area contributed by atoms with Gasteiger partial charge in [-0.25, -0.2) is 4.39 Å². The number of rotatable bonds is 4. The average Bonchev–Trinajstić information content (AvgIpc) is 2.32. The topological polar surface area (TPSA) is 15.3 Å². The fraction of sp³-hybridized carbons (Fsp3) is 0.571. The molecule has 0 aromatic heterocycles. The predicted octanol–water partition coefficient (Wildman–Crippen LogP) is 2.40. The second-order valence-electron chi connectivity index (χ2n) is 4.89. The van der Waals surface area contributed by atoms with Crippen LogP contribution in [0.25, 0.3) is 0 Å². The molecule has 1 atom stereocenters. The minimum Gasteiger partial charge on any atom is -0.311 e. The molecule has 94 valence electrons. The first-order valence-electron chi connectivity index (χ1n) is 6.41. The maximum absolute atomic E-state index is 13.0. The predicted molar refractivity (Wildman–Crippen MR) is 68.4 cm³/mol. The van der Waals surface area contributed by atoms with Crippen molar-refractivity contribution >= 4 is 0 Å². The summed E-state index contributed by atoms with van der Waals surface area (Å²) in [4.78, 5) is 2.42. The minimum absolute atomic E-state index is 0.154. The minimum atomic E-state index is -0.154. The van der Waals surface area contributed by atoms with Crippen molar-refractivity contribution in [1.29, 1.82) is 0 Å². The summed E-state index contributed by atoms with van der Waals surface area (Å²) in [5, 5.41) is 3.42. The van der Waals surface area contributed by atoms with E-state index in [4.69, 9.17) is 0 Å². The van der Waals surface area contributed by atoms with Crippen LogP contribution in [0.15, 0.2) is 24.3 Å². The SMILES string of the molecule is CN1CCCCC1CNCc1cccc(F)c1. The average molecular weight is 236 g/mol. The lowest BCUT2D eigenvalue weighted by atomic mass is 10.0. The molecule has 17 heavy (non-hydrogen) atoms. The molecule has 1 unspecified atom stereocenters. The number of likely N-dealkylation sites (N-methyl/N-ethyl adjacent to an activating group) is 1. The first-order valence-corrected chi connectivity index (χ1v) is 6.41. The van der Waals surface area contributed by atoms with Gasteiger partial charge in [0.05, 0.1) is 0 Å². The summed E-state index contributed by atoms with van der Waals surface area (Å²) in [5.74, 6) is -0.154. The Labute approximate surface area is 103 Å². The molecule has 2 nitrogen and oxygen atoms in total. The lowest BCUT2D eigenvalue weighted by Gasteiger charge is -2.32. The zero-order valence-electron chi connectivity index (χ0n) is 10.5. The zero-order chi connectivity index (χ0) is 12.1. The third-order valence-corrected chi connectivity index (χ3v) is 3.52. The molecule has 1 saturated heterocycles. The van der Waals surface area contributed by atoms with Crippen LogP contribution in [0.1, 0.15) is 24.8 Å². The molecule has 1 aliphatic rings. The number of likely N-dealkylation sites (tertiary alicyclic amines) is 1. The summed E-state index contributed by atoms with van der Waals surface area (Å²) >= 11 is 0. The standard InChI is InChI=1S/C14H21FN2/c1-17-8-3-2-7-14(17)11-16-10-12-5-4-6-13(15)9-12/h4-6,9,14,16H,2-3,7-8,10-11H2,1H3. The highest BCUT2D eigenvalue weighted by Gasteiger charge is 2.17. The highest BCUT2D eigenvalue weighted by molar-refractivity contribution is 5.15. The first kappa shape index (κ1) is 12.5. The number of hydrogen-bond donors (Lipinski definition) is 1. The number of benzene rings is 1. The van der Waals surface area contributed by atoms with Gasteiger partial charge in [-0.1, -0.05) is 18.6 Å². The highest BCUT2D eigenvalue weighted by atomic mass is 19.1. The zero-order valence-corrected chi connectivity index (χ0v) is 10.5. The monoisotopic (exact) mass is 236 g/mol. The molecule has 1 aromatic carbocycles. The normalized spacial score (nSPS) is 21.6. The summed E-state index contributed by atoms with van der Waals surface area (Å²) in [7, 11) is 2.19. The van der Waals surface area contributed by atoms with Crippen LogP contribution in [0, 0.1) is 5.82 Å². The Balaban J connectivity index is 1.75. The van der Waals surface area contributed by atoms with E-state index in [-0.39, 0.29) is 5.82 Å². The van der Waals surface area contributed by atoms with E-state index < -0.39 is 0 Å². The second-order valence-corrected chi connectivity index (χ2v) is 4.89. The van der Waals surface area contributed by atoms with Gasteiger partial charge in [-0.15, -0.1) is 0 Å². The summed E-state index contributed by atoms with van der Waals surface area (Å²) < 4.78 is 13.0. The fourth-order valence-corrected chi connectivity index (χ4v) is 2.43. The Hall–Kier alpha value is -0.930. The van der Waals surface area contributed by atoms with E-state index in [1.54, 1.807) is 12.1 Å². The van der Waals surface area contributed by atoms with Gasteiger partial charge < -0.3 is 10.2 Å². The van der Waals surface area contributed by atoms with Gasteiger partial charge in [-0.2, -0.15) is 0 Å². The maximum Gasteiger partial charge on any atom is 0.123 e. The van der Waals surface area contributed by atoms with Crippen molar-refractivity contribution in [2.24, 2.45) is 0 Å². The molecule has 0 bridgehead atoms. The number of hydrogen-bond acceptors (Lipinski definition) is 2. The largest absolute Gasteiger partial charge is 0.311 e. The first-order chi connectivity index (χ1) is 8.25. The Kier molecular flexibility index (Phi) is 4.51.